The Kier molecular flexibility index (Phi) is 5.01. The molecule has 2 heterocycles. The average Bonchev–Trinajstić information content (AvgIpc) is 2.89. The van der Waals surface area contributed by atoms with E-state index in [1.807, 2.05) is 11.9 Å². The first-order valence-corrected chi connectivity index (χ1v) is 7.39. The maximum absolute atomic E-state index is 12.4. The number of carbonyl (C=O) groups is 1. The number of rotatable bonds is 4. The third-order valence-electron chi connectivity index (χ3n) is 4.36. The van der Waals surface area contributed by atoms with Gasteiger partial charge in [0.05, 0.1) is 6.04 Å². The summed E-state index contributed by atoms with van der Waals surface area (Å²) < 4.78 is 0. The Hall–Kier alpha value is -0.610. The van der Waals surface area contributed by atoms with Gasteiger partial charge in [0.1, 0.15) is 0 Å². The van der Waals surface area contributed by atoms with Gasteiger partial charge in [0.2, 0.25) is 5.91 Å². The molecule has 2 aliphatic rings. The van der Waals surface area contributed by atoms with Crippen LogP contribution in [0.5, 0.6) is 0 Å². The highest BCUT2D eigenvalue weighted by Crippen LogP contribution is 2.17. The van der Waals surface area contributed by atoms with Gasteiger partial charge in [-0.05, 0) is 51.2 Å². The monoisotopic (exact) mass is 253 g/mol. The summed E-state index contributed by atoms with van der Waals surface area (Å²) in [7, 11) is 1.95. The van der Waals surface area contributed by atoms with Crippen LogP contribution in [0.2, 0.25) is 0 Å². The van der Waals surface area contributed by atoms with E-state index in [2.05, 4.69) is 17.1 Å². The Bertz CT molecular complexity index is 276. The lowest BCUT2D eigenvalue weighted by molar-refractivity contribution is -0.134. The number of piperidine rings is 1. The van der Waals surface area contributed by atoms with Crippen molar-refractivity contribution >= 4 is 5.91 Å². The Balaban J connectivity index is 1.76. The third kappa shape index (κ3) is 3.45. The van der Waals surface area contributed by atoms with E-state index in [0.717, 1.165) is 19.6 Å². The Morgan fingerprint density at radius 1 is 1.33 bits per heavy atom. The van der Waals surface area contributed by atoms with Gasteiger partial charge in [-0.15, -0.1) is 0 Å². The summed E-state index contributed by atoms with van der Waals surface area (Å²) >= 11 is 0. The first kappa shape index (κ1) is 13.8. The van der Waals surface area contributed by atoms with Crippen LogP contribution in [0.25, 0.3) is 0 Å². The van der Waals surface area contributed by atoms with Gasteiger partial charge < -0.3 is 15.1 Å². The summed E-state index contributed by atoms with van der Waals surface area (Å²) in [5.74, 6) is 0.752. The van der Waals surface area contributed by atoms with Gasteiger partial charge in [0, 0.05) is 20.1 Å². The van der Waals surface area contributed by atoms with Gasteiger partial charge in [0.15, 0.2) is 0 Å². The van der Waals surface area contributed by atoms with Crippen LogP contribution in [0, 0.1) is 5.92 Å². The SMILES string of the molecule is CC1CCCNC1C(=O)N(C)CCN1CCCC1. The molecule has 2 rings (SSSR count). The van der Waals surface area contributed by atoms with Gasteiger partial charge >= 0.3 is 0 Å². The van der Waals surface area contributed by atoms with E-state index in [0.29, 0.717) is 5.92 Å². The van der Waals surface area contributed by atoms with Crippen LogP contribution in [0.4, 0.5) is 0 Å². The molecular formula is C14H27N3O. The Morgan fingerprint density at radius 2 is 2.06 bits per heavy atom. The first-order chi connectivity index (χ1) is 8.68. The number of amides is 1. The van der Waals surface area contributed by atoms with Crippen LogP contribution in [-0.4, -0.2) is 61.5 Å². The van der Waals surface area contributed by atoms with Crippen LogP contribution < -0.4 is 5.32 Å². The molecule has 0 aromatic carbocycles. The zero-order valence-electron chi connectivity index (χ0n) is 11.8. The maximum atomic E-state index is 12.4. The number of hydrogen-bond donors (Lipinski definition) is 1. The second-order valence-electron chi connectivity index (χ2n) is 5.86. The molecule has 2 fully saturated rings. The minimum atomic E-state index is 0.0438. The van der Waals surface area contributed by atoms with Gasteiger partial charge in [-0.2, -0.15) is 0 Å². The van der Waals surface area contributed by atoms with Gasteiger partial charge in [-0.3, -0.25) is 4.79 Å². The molecule has 104 valence electrons. The molecule has 4 nitrogen and oxygen atoms in total. The lowest BCUT2D eigenvalue weighted by atomic mass is 9.92. The van der Waals surface area contributed by atoms with Crippen molar-refractivity contribution in [2.24, 2.45) is 5.92 Å². The topological polar surface area (TPSA) is 35.6 Å². The maximum Gasteiger partial charge on any atom is 0.239 e. The standard InChI is InChI=1S/C14H27N3O/c1-12-6-5-7-15-13(12)14(18)16(2)10-11-17-8-3-4-9-17/h12-13,15H,3-11H2,1-2H3. The quantitative estimate of drug-likeness (QED) is 0.809. The number of likely N-dealkylation sites (tertiary alicyclic amines) is 1. The molecule has 1 amide bonds. The van der Waals surface area contributed by atoms with Crippen LogP contribution in [0.15, 0.2) is 0 Å². The summed E-state index contributed by atoms with van der Waals surface area (Å²) in [6.45, 7) is 7.48. The molecule has 4 heteroatoms. The number of nitrogens with zero attached hydrogens (tertiary/aromatic N) is 2. The van der Waals surface area contributed by atoms with Crippen molar-refractivity contribution in [1.29, 1.82) is 0 Å². The van der Waals surface area contributed by atoms with Gasteiger partial charge in [-0.25, -0.2) is 0 Å². The van der Waals surface area contributed by atoms with E-state index >= 15 is 0 Å². The van der Waals surface area contributed by atoms with E-state index in [-0.39, 0.29) is 11.9 Å². The molecule has 0 aromatic heterocycles. The molecule has 2 atom stereocenters. The normalized spacial score (nSPS) is 29.4. The largest absolute Gasteiger partial charge is 0.343 e. The predicted molar refractivity (Wildman–Crippen MR) is 73.5 cm³/mol. The molecule has 0 radical (unpaired) electrons. The minimum Gasteiger partial charge on any atom is -0.343 e. The average molecular weight is 253 g/mol. The summed E-state index contributed by atoms with van der Waals surface area (Å²) in [5, 5.41) is 3.37. The highest BCUT2D eigenvalue weighted by molar-refractivity contribution is 5.82. The first-order valence-electron chi connectivity index (χ1n) is 7.39. The second kappa shape index (κ2) is 6.53. The predicted octanol–water partition coefficient (Wildman–Crippen LogP) is 0.929. The number of carbonyl (C=O) groups excluding carboxylic acids is 1. The van der Waals surface area contributed by atoms with E-state index < -0.39 is 0 Å². The van der Waals surface area contributed by atoms with Crippen LogP contribution in [-0.2, 0) is 4.79 Å². The second-order valence-corrected chi connectivity index (χ2v) is 5.86. The molecule has 1 N–H and O–H groups in total. The van der Waals surface area contributed by atoms with Crippen LogP contribution in [0.1, 0.15) is 32.6 Å². The highest BCUT2D eigenvalue weighted by atomic mass is 16.2. The molecule has 0 bridgehead atoms. The van der Waals surface area contributed by atoms with Crippen LogP contribution >= 0.6 is 0 Å². The van der Waals surface area contributed by atoms with Crippen molar-refractivity contribution in [3.05, 3.63) is 0 Å². The lowest BCUT2D eigenvalue weighted by Gasteiger charge is -2.32. The van der Waals surface area contributed by atoms with E-state index in [1.54, 1.807) is 0 Å². The summed E-state index contributed by atoms with van der Waals surface area (Å²) in [4.78, 5) is 16.7. The van der Waals surface area contributed by atoms with Crippen LogP contribution in [0.3, 0.4) is 0 Å². The zero-order valence-corrected chi connectivity index (χ0v) is 11.8. The number of likely N-dealkylation sites (N-methyl/N-ethyl adjacent to an activating group) is 1. The van der Waals surface area contributed by atoms with Crippen molar-refractivity contribution in [3.63, 3.8) is 0 Å². The highest BCUT2D eigenvalue weighted by Gasteiger charge is 2.29. The number of nitrogens with one attached hydrogen (secondary N) is 1. The van der Waals surface area contributed by atoms with Gasteiger partial charge in [0.25, 0.3) is 0 Å². The summed E-state index contributed by atoms with van der Waals surface area (Å²) in [6, 6.07) is 0.0438. The summed E-state index contributed by atoms with van der Waals surface area (Å²) in [5.41, 5.74) is 0. The lowest BCUT2D eigenvalue weighted by Crippen LogP contribution is -2.52. The summed E-state index contributed by atoms with van der Waals surface area (Å²) in [6.07, 6.45) is 5.00. The fraction of sp³-hybridized carbons (Fsp3) is 0.929. The van der Waals surface area contributed by atoms with Crippen molar-refractivity contribution in [2.75, 3.05) is 39.8 Å². The van der Waals surface area contributed by atoms with Gasteiger partial charge in [-0.1, -0.05) is 6.92 Å². The fourth-order valence-corrected chi connectivity index (χ4v) is 3.03. The molecule has 0 aliphatic carbocycles. The van der Waals surface area contributed by atoms with Crippen molar-refractivity contribution in [2.45, 2.75) is 38.6 Å². The fourth-order valence-electron chi connectivity index (χ4n) is 3.03. The molecule has 0 spiro atoms. The molecule has 0 saturated carbocycles. The zero-order chi connectivity index (χ0) is 13.0. The van der Waals surface area contributed by atoms with E-state index in [4.69, 9.17) is 0 Å². The Morgan fingerprint density at radius 3 is 2.72 bits per heavy atom. The Labute approximate surface area is 111 Å². The molecule has 2 aliphatic heterocycles. The minimum absolute atomic E-state index is 0.0438. The van der Waals surface area contributed by atoms with E-state index in [9.17, 15) is 4.79 Å². The molecule has 2 saturated heterocycles. The third-order valence-corrected chi connectivity index (χ3v) is 4.36. The van der Waals surface area contributed by atoms with Crippen molar-refractivity contribution in [3.8, 4) is 0 Å². The molecule has 18 heavy (non-hydrogen) atoms. The molecular weight excluding hydrogens is 226 g/mol. The van der Waals surface area contributed by atoms with Crippen molar-refractivity contribution in [1.82, 2.24) is 15.1 Å². The van der Waals surface area contributed by atoms with E-state index in [1.165, 1.54) is 38.8 Å². The molecule has 2 unspecified atom stereocenters. The smallest absolute Gasteiger partial charge is 0.239 e. The molecule has 0 aromatic rings. The van der Waals surface area contributed by atoms with Crippen molar-refractivity contribution < 1.29 is 4.79 Å². The number of hydrogen-bond acceptors (Lipinski definition) is 3.